The van der Waals surface area contributed by atoms with Crippen LogP contribution >= 0.6 is 0 Å². The van der Waals surface area contributed by atoms with Gasteiger partial charge < -0.3 is 4.55 Å². The number of rotatable bonds is 2. The normalized spacial score (nSPS) is 17.8. The molecule has 2 rings (SSSR count). The van der Waals surface area contributed by atoms with E-state index in [4.69, 9.17) is 13.0 Å². The molecule has 1 aliphatic rings. The van der Waals surface area contributed by atoms with E-state index in [2.05, 4.69) is 19.2 Å². The molecule has 0 saturated carbocycles. The Labute approximate surface area is 120 Å². The van der Waals surface area contributed by atoms with Crippen molar-refractivity contribution in [1.82, 2.24) is 4.48 Å². The molecule has 20 heavy (non-hydrogen) atoms. The Balaban J connectivity index is 0.000000347. The van der Waals surface area contributed by atoms with Crippen molar-refractivity contribution in [2.75, 3.05) is 26.4 Å². The molecule has 0 spiro atoms. The van der Waals surface area contributed by atoms with E-state index in [1.165, 1.54) is 38.0 Å². The lowest BCUT2D eigenvalue weighted by Gasteiger charge is -2.37. The van der Waals surface area contributed by atoms with E-state index >= 15 is 0 Å². The maximum atomic E-state index is 10.6. The van der Waals surface area contributed by atoms with Gasteiger partial charge in [-0.3, -0.25) is 9.28 Å². The third-order valence-corrected chi connectivity index (χ3v) is 3.46. The molecule has 0 aliphatic carbocycles. The van der Waals surface area contributed by atoms with Gasteiger partial charge in [0.15, 0.2) is 0 Å². The van der Waals surface area contributed by atoms with Gasteiger partial charge in [0.1, 0.15) is 12.0 Å². The Hall–Kier alpha value is -1.24. The fourth-order valence-electron chi connectivity index (χ4n) is 2.38. The third-order valence-electron chi connectivity index (χ3n) is 3.46. The predicted octanol–water partition coefficient (Wildman–Crippen LogP) is 1.78. The number of hydrogen-bond donors (Lipinski definition) is 0. The van der Waals surface area contributed by atoms with Crippen molar-refractivity contribution >= 4 is 22.1 Å². The average Bonchev–Trinajstić information content (AvgIpc) is 2.38. The van der Waals surface area contributed by atoms with Crippen LogP contribution in [-0.2, 0) is 10.1 Å². The van der Waals surface area contributed by atoms with Gasteiger partial charge in [-0.2, -0.15) is 0 Å². The topological polar surface area (TPSA) is 74.3 Å². The molecular weight excluding hydrogens is 278 g/mol. The van der Waals surface area contributed by atoms with Crippen molar-refractivity contribution in [3.63, 3.8) is 0 Å². The van der Waals surface area contributed by atoms with Gasteiger partial charge >= 0.3 is 0 Å². The quantitative estimate of drug-likeness (QED) is 0.474. The van der Waals surface area contributed by atoms with Crippen LogP contribution < -0.4 is 4.48 Å². The van der Waals surface area contributed by atoms with E-state index in [1.54, 1.807) is 0 Å². The van der Waals surface area contributed by atoms with Crippen molar-refractivity contribution < 1.29 is 17.8 Å². The molecular formula is C14H21NO4S. The SMILES string of the molecule is CS(=O)(=O)[O-].C[N+]1(c2ccc(C=O)cc2)CCCCC1. The van der Waals surface area contributed by atoms with Gasteiger partial charge in [0, 0.05) is 11.8 Å². The lowest BCUT2D eigenvalue weighted by Crippen LogP contribution is -2.48. The fourth-order valence-corrected chi connectivity index (χ4v) is 2.38. The number of carbonyl (C=O) groups excluding carboxylic acids is 1. The first-order chi connectivity index (χ1) is 9.24. The van der Waals surface area contributed by atoms with Gasteiger partial charge in [-0.15, -0.1) is 0 Å². The van der Waals surface area contributed by atoms with E-state index in [9.17, 15) is 4.79 Å². The van der Waals surface area contributed by atoms with Crippen LogP contribution in [0.5, 0.6) is 0 Å². The molecule has 1 aromatic carbocycles. The predicted molar refractivity (Wildman–Crippen MR) is 78.8 cm³/mol. The molecule has 0 atom stereocenters. The lowest BCUT2D eigenvalue weighted by atomic mass is 10.1. The fraction of sp³-hybridized carbons (Fsp3) is 0.500. The van der Waals surface area contributed by atoms with Gasteiger partial charge in [0.2, 0.25) is 0 Å². The standard InChI is InChI=1S/C13H18NO.CH4O3S/c1-14(9-3-2-4-10-14)13-7-5-12(11-15)6-8-13;1-5(2,3)4/h5-8,11H,2-4,9-10H2,1H3;1H3,(H,2,3,4)/q+1;/p-1. The highest BCUT2D eigenvalue weighted by atomic mass is 32.2. The van der Waals surface area contributed by atoms with Crippen LogP contribution in [0.4, 0.5) is 5.69 Å². The molecule has 0 amide bonds. The van der Waals surface area contributed by atoms with Crippen molar-refractivity contribution in [2.24, 2.45) is 0 Å². The zero-order valence-electron chi connectivity index (χ0n) is 11.9. The molecule has 0 radical (unpaired) electrons. The third kappa shape index (κ3) is 5.81. The summed E-state index contributed by atoms with van der Waals surface area (Å²) in [4.78, 5) is 10.6. The summed E-state index contributed by atoms with van der Waals surface area (Å²) in [6.45, 7) is 2.45. The molecule has 1 fully saturated rings. The first-order valence-corrected chi connectivity index (χ1v) is 8.37. The number of likely N-dealkylation sites (tertiary alicyclic amines) is 1. The van der Waals surface area contributed by atoms with E-state index in [-0.39, 0.29) is 0 Å². The molecule has 0 unspecified atom stereocenters. The molecule has 6 heteroatoms. The number of carbonyl (C=O) groups is 1. The minimum absolute atomic E-state index is 0.604. The summed E-state index contributed by atoms with van der Waals surface area (Å²) in [5, 5.41) is 0. The summed E-state index contributed by atoms with van der Waals surface area (Å²) < 4.78 is 28.3. The van der Waals surface area contributed by atoms with Gasteiger partial charge in [0.25, 0.3) is 0 Å². The summed E-state index contributed by atoms with van der Waals surface area (Å²) in [7, 11) is -1.63. The number of aldehydes is 1. The van der Waals surface area contributed by atoms with E-state index in [0.717, 1.165) is 16.3 Å². The highest BCUT2D eigenvalue weighted by molar-refractivity contribution is 7.84. The zero-order valence-corrected chi connectivity index (χ0v) is 12.7. The summed E-state index contributed by atoms with van der Waals surface area (Å²) in [5.74, 6) is 0. The number of hydrogen-bond acceptors (Lipinski definition) is 4. The van der Waals surface area contributed by atoms with E-state index in [1.807, 2.05) is 12.1 Å². The van der Waals surface area contributed by atoms with Gasteiger partial charge in [-0.25, -0.2) is 8.42 Å². The molecule has 5 nitrogen and oxygen atoms in total. The van der Waals surface area contributed by atoms with Crippen LogP contribution in [0.3, 0.4) is 0 Å². The smallest absolute Gasteiger partial charge is 0.150 e. The molecule has 1 aliphatic heterocycles. The zero-order chi connectivity index (χ0) is 15.2. The second kappa shape index (κ2) is 6.97. The first kappa shape index (κ1) is 16.8. The van der Waals surface area contributed by atoms with Crippen molar-refractivity contribution in [2.45, 2.75) is 19.3 Å². The highest BCUT2D eigenvalue weighted by Crippen LogP contribution is 2.26. The van der Waals surface area contributed by atoms with Crippen molar-refractivity contribution in [3.05, 3.63) is 29.8 Å². The second-order valence-corrected chi connectivity index (χ2v) is 6.73. The Morgan fingerprint density at radius 1 is 1.10 bits per heavy atom. The highest BCUT2D eigenvalue weighted by Gasteiger charge is 2.26. The van der Waals surface area contributed by atoms with Gasteiger partial charge in [0.05, 0.1) is 30.3 Å². The minimum atomic E-state index is -3.92. The Bertz CT molecular complexity index is 523. The maximum Gasteiger partial charge on any atom is 0.150 e. The van der Waals surface area contributed by atoms with Crippen molar-refractivity contribution in [3.8, 4) is 0 Å². The largest absolute Gasteiger partial charge is 0.748 e. The number of benzene rings is 1. The van der Waals surface area contributed by atoms with Crippen LogP contribution in [0.2, 0.25) is 0 Å². The summed E-state index contributed by atoms with van der Waals surface area (Å²) >= 11 is 0. The van der Waals surface area contributed by atoms with E-state index in [0.29, 0.717) is 6.26 Å². The Kier molecular flexibility index (Phi) is 5.86. The lowest BCUT2D eigenvalue weighted by molar-refractivity contribution is 0.112. The average molecular weight is 299 g/mol. The van der Waals surface area contributed by atoms with Crippen LogP contribution in [0.25, 0.3) is 0 Å². The second-order valence-electron chi connectivity index (χ2n) is 5.32. The first-order valence-electron chi connectivity index (χ1n) is 6.56. The molecule has 1 aromatic rings. The Morgan fingerprint density at radius 2 is 1.55 bits per heavy atom. The van der Waals surface area contributed by atoms with Crippen LogP contribution in [0.1, 0.15) is 29.6 Å². The molecule has 0 aromatic heterocycles. The van der Waals surface area contributed by atoms with Crippen LogP contribution in [0.15, 0.2) is 24.3 Å². The molecule has 1 heterocycles. The minimum Gasteiger partial charge on any atom is -0.748 e. The van der Waals surface area contributed by atoms with Gasteiger partial charge in [-0.05, 0) is 43.5 Å². The maximum absolute atomic E-state index is 10.6. The molecule has 1 saturated heterocycles. The number of quaternary nitrogens is 1. The van der Waals surface area contributed by atoms with E-state index < -0.39 is 10.1 Å². The van der Waals surface area contributed by atoms with Crippen LogP contribution in [0, 0.1) is 0 Å². The van der Waals surface area contributed by atoms with Gasteiger partial charge in [-0.1, -0.05) is 0 Å². The molecule has 0 N–H and O–H groups in total. The van der Waals surface area contributed by atoms with Crippen molar-refractivity contribution in [1.29, 1.82) is 0 Å². The number of nitrogens with zero attached hydrogens (tertiary/aromatic N) is 1. The monoisotopic (exact) mass is 299 g/mol. The Morgan fingerprint density at radius 3 is 1.95 bits per heavy atom. The summed E-state index contributed by atoms with van der Waals surface area (Å²) in [5.41, 5.74) is 2.10. The summed E-state index contributed by atoms with van der Waals surface area (Å²) in [6, 6.07) is 8.02. The number of piperidine rings is 1. The molecule has 0 bridgehead atoms. The van der Waals surface area contributed by atoms with Crippen LogP contribution in [-0.4, -0.2) is 45.6 Å². The molecule has 112 valence electrons. The summed E-state index contributed by atoms with van der Waals surface area (Å²) in [6.07, 6.45) is 5.49.